The van der Waals surface area contributed by atoms with Gasteiger partial charge in [-0.1, -0.05) is 0 Å². The minimum atomic E-state index is -0.265. The molecule has 0 saturated carbocycles. The van der Waals surface area contributed by atoms with Crippen LogP contribution in [-0.2, 0) is 13.0 Å². The Hall–Kier alpha value is -2.83. The zero-order chi connectivity index (χ0) is 16.7. The summed E-state index contributed by atoms with van der Waals surface area (Å²) in [5.74, 6) is 0.131. The first-order valence-electron chi connectivity index (χ1n) is 7.87. The van der Waals surface area contributed by atoms with E-state index in [1.165, 1.54) is 12.1 Å². The van der Waals surface area contributed by atoms with Crippen LogP contribution < -0.4 is 10.1 Å². The summed E-state index contributed by atoms with van der Waals surface area (Å²) in [7, 11) is 0. The van der Waals surface area contributed by atoms with Crippen LogP contribution in [0.1, 0.15) is 21.7 Å². The Labute approximate surface area is 137 Å². The van der Waals surface area contributed by atoms with Gasteiger partial charge in [-0.2, -0.15) is 5.10 Å². The molecular formula is C17H17FN4O2. The number of H-pyrrole nitrogens is 1. The summed E-state index contributed by atoms with van der Waals surface area (Å²) in [6.45, 7) is 3.67. The van der Waals surface area contributed by atoms with Crippen LogP contribution in [0.3, 0.4) is 0 Å². The van der Waals surface area contributed by atoms with Crippen LogP contribution in [0, 0.1) is 12.7 Å². The molecule has 1 amide bonds. The Morgan fingerprint density at radius 1 is 1.46 bits per heavy atom. The highest BCUT2D eigenvalue weighted by Crippen LogP contribution is 2.23. The first-order chi connectivity index (χ1) is 11.6. The lowest BCUT2D eigenvalue weighted by atomic mass is 10.1. The first kappa shape index (κ1) is 14.7. The minimum Gasteiger partial charge on any atom is -0.476 e. The molecule has 0 unspecified atom stereocenters. The van der Waals surface area contributed by atoms with Crippen LogP contribution in [-0.4, -0.2) is 33.8 Å². The number of nitrogens with one attached hydrogen (secondary N) is 2. The molecule has 24 heavy (non-hydrogen) atoms. The van der Waals surface area contributed by atoms with E-state index >= 15 is 0 Å². The van der Waals surface area contributed by atoms with E-state index in [4.69, 9.17) is 4.74 Å². The first-order valence-corrected chi connectivity index (χ1v) is 7.87. The van der Waals surface area contributed by atoms with Crippen LogP contribution in [0.4, 0.5) is 4.39 Å². The molecule has 0 fully saturated rings. The van der Waals surface area contributed by atoms with Gasteiger partial charge in [0.05, 0.1) is 6.54 Å². The number of aromatic amines is 1. The number of rotatable bonds is 4. The Balaban J connectivity index is 1.44. The van der Waals surface area contributed by atoms with Gasteiger partial charge in [0.15, 0.2) is 5.69 Å². The number of aromatic nitrogens is 3. The third-order valence-corrected chi connectivity index (χ3v) is 4.27. The second-order valence-corrected chi connectivity index (χ2v) is 5.86. The highest BCUT2D eigenvalue weighted by molar-refractivity contribution is 5.92. The summed E-state index contributed by atoms with van der Waals surface area (Å²) in [6, 6.07) is 6.33. The molecule has 4 rings (SSSR count). The number of benzene rings is 1. The van der Waals surface area contributed by atoms with Crippen LogP contribution in [0.15, 0.2) is 24.3 Å². The summed E-state index contributed by atoms with van der Waals surface area (Å²) >= 11 is 0. The van der Waals surface area contributed by atoms with Gasteiger partial charge in [0.25, 0.3) is 5.91 Å². The van der Waals surface area contributed by atoms with Crippen molar-refractivity contribution in [2.75, 3.05) is 13.2 Å². The molecule has 3 heterocycles. The van der Waals surface area contributed by atoms with Crippen LogP contribution in [0.2, 0.25) is 0 Å². The van der Waals surface area contributed by atoms with Crippen molar-refractivity contribution in [1.29, 1.82) is 0 Å². The molecule has 2 aromatic heterocycles. The molecule has 1 aliphatic rings. The van der Waals surface area contributed by atoms with Crippen LogP contribution in [0.5, 0.6) is 5.88 Å². The summed E-state index contributed by atoms with van der Waals surface area (Å²) in [5, 5.41) is 7.92. The van der Waals surface area contributed by atoms with E-state index in [9.17, 15) is 9.18 Å². The Bertz CT molecular complexity index is 907. The van der Waals surface area contributed by atoms with E-state index in [0.29, 0.717) is 37.7 Å². The zero-order valence-electron chi connectivity index (χ0n) is 13.2. The third kappa shape index (κ3) is 2.51. The summed E-state index contributed by atoms with van der Waals surface area (Å²) in [6.07, 6.45) is 0.616. The molecule has 0 saturated heterocycles. The Morgan fingerprint density at radius 3 is 3.17 bits per heavy atom. The molecule has 0 radical (unpaired) electrons. The van der Waals surface area contributed by atoms with E-state index in [-0.39, 0.29) is 11.7 Å². The number of hydrogen-bond acceptors (Lipinski definition) is 3. The van der Waals surface area contributed by atoms with Crippen LogP contribution in [0.25, 0.3) is 10.9 Å². The van der Waals surface area contributed by atoms with Gasteiger partial charge in [-0.3, -0.25) is 4.79 Å². The van der Waals surface area contributed by atoms with Crippen molar-refractivity contribution in [1.82, 2.24) is 20.1 Å². The lowest BCUT2D eigenvalue weighted by Crippen LogP contribution is -2.26. The average molecular weight is 328 g/mol. The van der Waals surface area contributed by atoms with E-state index in [0.717, 1.165) is 22.2 Å². The highest BCUT2D eigenvalue weighted by Gasteiger charge is 2.19. The fourth-order valence-corrected chi connectivity index (χ4v) is 3.09. The Morgan fingerprint density at radius 2 is 2.33 bits per heavy atom. The van der Waals surface area contributed by atoms with Crippen molar-refractivity contribution in [2.24, 2.45) is 0 Å². The van der Waals surface area contributed by atoms with Gasteiger partial charge in [0, 0.05) is 29.2 Å². The smallest absolute Gasteiger partial charge is 0.271 e. The zero-order valence-corrected chi connectivity index (χ0v) is 13.2. The van der Waals surface area contributed by atoms with Gasteiger partial charge in [-0.05, 0) is 37.1 Å². The highest BCUT2D eigenvalue weighted by atomic mass is 19.1. The quantitative estimate of drug-likeness (QED) is 0.771. The fourth-order valence-electron chi connectivity index (χ4n) is 3.09. The standard InChI is InChI=1S/C17H17FN4O2/c1-10-12(13-8-11(18)2-3-14(13)20-10)4-5-19-17(23)15-9-16-22(21-15)6-7-24-16/h2-3,8-9,20H,4-7H2,1H3,(H,19,23). The number of hydrogen-bond donors (Lipinski definition) is 2. The number of fused-ring (bicyclic) bond motifs is 2. The van der Waals surface area contributed by atoms with Gasteiger partial charge in [-0.15, -0.1) is 0 Å². The molecule has 3 aromatic rings. The lowest BCUT2D eigenvalue weighted by molar-refractivity contribution is 0.0948. The normalized spacial score (nSPS) is 13.1. The SMILES string of the molecule is Cc1[nH]c2ccc(F)cc2c1CCNC(=O)c1cc2n(n1)CCO2. The number of amides is 1. The van der Waals surface area contributed by atoms with Crippen molar-refractivity contribution >= 4 is 16.8 Å². The molecule has 1 aromatic carbocycles. The molecule has 0 bridgehead atoms. The second kappa shape index (κ2) is 5.67. The number of aryl methyl sites for hydroxylation is 1. The van der Waals surface area contributed by atoms with Gasteiger partial charge >= 0.3 is 0 Å². The fraction of sp³-hybridized carbons (Fsp3) is 0.294. The maximum absolute atomic E-state index is 13.5. The number of carbonyl (C=O) groups is 1. The lowest BCUT2D eigenvalue weighted by Gasteiger charge is -2.04. The maximum Gasteiger partial charge on any atom is 0.271 e. The predicted octanol–water partition coefficient (Wildman–Crippen LogP) is 2.18. The average Bonchev–Trinajstić information content (AvgIpc) is 3.21. The van der Waals surface area contributed by atoms with E-state index in [1.807, 2.05) is 6.92 Å². The van der Waals surface area contributed by atoms with Crippen molar-refractivity contribution < 1.29 is 13.9 Å². The predicted molar refractivity (Wildman–Crippen MR) is 86.8 cm³/mol. The molecule has 1 aliphatic heterocycles. The van der Waals surface area contributed by atoms with E-state index < -0.39 is 0 Å². The van der Waals surface area contributed by atoms with Gasteiger partial charge in [0.1, 0.15) is 12.4 Å². The number of nitrogens with zero attached hydrogens (tertiary/aromatic N) is 2. The number of ether oxygens (including phenoxy) is 1. The van der Waals surface area contributed by atoms with E-state index in [1.54, 1.807) is 16.8 Å². The summed E-state index contributed by atoms with van der Waals surface area (Å²) in [5.41, 5.74) is 3.25. The molecular weight excluding hydrogens is 311 g/mol. The largest absolute Gasteiger partial charge is 0.476 e. The second-order valence-electron chi connectivity index (χ2n) is 5.86. The molecule has 0 spiro atoms. The topological polar surface area (TPSA) is 71.9 Å². The molecule has 0 aliphatic carbocycles. The van der Waals surface area contributed by atoms with Gasteiger partial charge in [-0.25, -0.2) is 9.07 Å². The van der Waals surface area contributed by atoms with E-state index in [2.05, 4.69) is 15.4 Å². The maximum atomic E-state index is 13.5. The molecule has 6 nitrogen and oxygen atoms in total. The molecule has 7 heteroatoms. The third-order valence-electron chi connectivity index (χ3n) is 4.27. The van der Waals surface area contributed by atoms with Crippen molar-refractivity contribution in [3.05, 3.63) is 47.0 Å². The van der Waals surface area contributed by atoms with Crippen LogP contribution >= 0.6 is 0 Å². The van der Waals surface area contributed by atoms with Gasteiger partial charge in [0.2, 0.25) is 5.88 Å². The minimum absolute atomic E-state index is 0.232. The molecule has 2 N–H and O–H groups in total. The van der Waals surface area contributed by atoms with Gasteiger partial charge < -0.3 is 15.0 Å². The molecule has 124 valence electrons. The monoisotopic (exact) mass is 328 g/mol. The Kier molecular flexibility index (Phi) is 3.48. The summed E-state index contributed by atoms with van der Waals surface area (Å²) in [4.78, 5) is 15.4. The van der Waals surface area contributed by atoms with Crippen molar-refractivity contribution in [2.45, 2.75) is 19.9 Å². The summed E-state index contributed by atoms with van der Waals surface area (Å²) < 4.78 is 20.5. The molecule has 0 atom stereocenters. The number of carbonyl (C=O) groups excluding carboxylic acids is 1. The number of halogens is 1. The van der Waals surface area contributed by atoms with Crippen molar-refractivity contribution in [3.8, 4) is 5.88 Å². The van der Waals surface area contributed by atoms with Crippen molar-refractivity contribution in [3.63, 3.8) is 0 Å².